The van der Waals surface area contributed by atoms with Gasteiger partial charge in [0.15, 0.2) is 0 Å². The van der Waals surface area contributed by atoms with Crippen molar-refractivity contribution in [1.82, 2.24) is 4.90 Å². The molecule has 0 aliphatic carbocycles. The maximum atomic E-state index is 12.4. The molecule has 0 aromatic heterocycles. The number of fused-ring (bicyclic) bond motifs is 1. The molecule has 2 aromatic carbocycles. The van der Waals surface area contributed by atoms with E-state index in [0.29, 0.717) is 18.7 Å². The Balaban J connectivity index is 1.70. The van der Waals surface area contributed by atoms with Crippen LogP contribution in [0.25, 0.3) is 0 Å². The third kappa shape index (κ3) is 4.51. The molecule has 9 heteroatoms. The zero-order valence-electron chi connectivity index (χ0n) is 14.5. The largest absolute Gasteiger partial charge is 0.368 e. The average molecular weight is 388 g/mol. The summed E-state index contributed by atoms with van der Waals surface area (Å²) in [5.41, 5.74) is 8.06. The summed E-state index contributed by atoms with van der Waals surface area (Å²) in [5, 5.41) is 7.73. The van der Waals surface area contributed by atoms with Gasteiger partial charge in [0.05, 0.1) is 17.5 Å². The third-order valence-corrected chi connectivity index (χ3v) is 5.42. The summed E-state index contributed by atoms with van der Waals surface area (Å²) in [6.45, 7) is 0.431. The second-order valence-corrected chi connectivity index (χ2v) is 7.97. The van der Waals surface area contributed by atoms with Gasteiger partial charge in [0.1, 0.15) is 0 Å². The zero-order chi connectivity index (χ0) is 19.6. The van der Waals surface area contributed by atoms with Crippen molar-refractivity contribution < 1.29 is 18.0 Å². The third-order valence-electron chi connectivity index (χ3n) is 4.49. The Kier molecular flexibility index (Phi) is 5.26. The fourth-order valence-electron chi connectivity index (χ4n) is 3.14. The molecule has 2 amide bonds. The number of benzene rings is 2. The van der Waals surface area contributed by atoms with E-state index >= 15 is 0 Å². The van der Waals surface area contributed by atoms with Crippen LogP contribution in [0.5, 0.6) is 0 Å². The van der Waals surface area contributed by atoms with E-state index in [4.69, 9.17) is 10.9 Å². The predicted molar refractivity (Wildman–Crippen MR) is 100.0 cm³/mol. The Morgan fingerprint density at radius 3 is 2.30 bits per heavy atom. The maximum absolute atomic E-state index is 12.4. The summed E-state index contributed by atoms with van der Waals surface area (Å²) < 4.78 is 22.5. The number of carbonyl (C=O) groups is 2. The van der Waals surface area contributed by atoms with Crippen LogP contribution < -0.4 is 16.2 Å². The standard InChI is InChI=1S/C18H20N4O4S/c19-18(24)16-9-12-3-1-2-4-13(12)10-22(16)11-17(23)21-14-5-7-15(8-6-14)27(20,25)26/h1-8,16H,9-11H2,(H2,19,24)(H,21,23)(H2,20,25,26)/t16-/m0/s1. The number of hydrogen-bond acceptors (Lipinski definition) is 5. The van der Waals surface area contributed by atoms with Crippen molar-refractivity contribution in [3.05, 3.63) is 59.7 Å². The highest BCUT2D eigenvalue weighted by Crippen LogP contribution is 2.23. The van der Waals surface area contributed by atoms with Crippen molar-refractivity contribution in [2.75, 3.05) is 11.9 Å². The van der Waals surface area contributed by atoms with E-state index in [2.05, 4.69) is 5.32 Å². The fourth-order valence-corrected chi connectivity index (χ4v) is 3.65. The molecule has 0 spiro atoms. The van der Waals surface area contributed by atoms with Gasteiger partial charge in [-0.2, -0.15) is 0 Å². The summed E-state index contributed by atoms with van der Waals surface area (Å²) >= 11 is 0. The van der Waals surface area contributed by atoms with Crippen LogP contribution in [0.1, 0.15) is 11.1 Å². The highest BCUT2D eigenvalue weighted by atomic mass is 32.2. The second kappa shape index (κ2) is 7.47. The Hall–Kier alpha value is -2.75. The Morgan fingerprint density at radius 2 is 1.70 bits per heavy atom. The van der Waals surface area contributed by atoms with Gasteiger partial charge < -0.3 is 11.1 Å². The van der Waals surface area contributed by atoms with E-state index in [1.165, 1.54) is 24.3 Å². The lowest BCUT2D eigenvalue weighted by Gasteiger charge is -2.34. The quantitative estimate of drug-likeness (QED) is 0.672. The molecule has 1 aliphatic rings. The molecule has 0 unspecified atom stereocenters. The maximum Gasteiger partial charge on any atom is 0.238 e. The van der Waals surface area contributed by atoms with Gasteiger partial charge in [-0.3, -0.25) is 14.5 Å². The van der Waals surface area contributed by atoms with Crippen LogP contribution in [0.4, 0.5) is 5.69 Å². The fraction of sp³-hybridized carbons (Fsp3) is 0.222. The van der Waals surface area contributed by atoms with Gasteiger partial charge in [-0.1, -0.05) is 24.3 Å². The molecule has 27 heavy (non-hydrogen) atoms. The summed E-state index contributed by atoms with van der Waals surface area (Å²) in [5.74, 6) is -0.807. The number of anilines is 1. The van der Waals surface area contributed by atoms with Crippen LogP contribution in [-0.4, -0.2) is 37.7 Å². The molecule has 1 atom stereocenters. The Bertz CT molecular complexity index is 973. The molecule has 142 valence electrons. The first-order valence-corrected chi connectivity index (χ1v) is 9.81. The average Bonchev–Trinajstić information content (AvgIpc) is 2.60. The molecule has 0 bridgehead atoms. The number of nitrogens with one attached hydrogen (secondary N) is 1. The van der Waals surface area contributed by atoms with Gasteiger partial charge in [0.2, 0.25) is 21.8 Å². The first kappa shape index (κ1) is 19.0. The number of sulfonamides is 1. The van der Waals surface area contributed by atoms with Crippen molar-refractivity contribution in [1.29, 1.82) is 0 Å². The number of hydrogen-bond donors (Lipinski definition) is 3. The van der Waals surface area contributed by atoms with Gasteiger partial charge >= 0.3 is 0 Å². The van der Waals surface area contributed by atoms with Crippen molar-refractivity contribution in [3.63, 3.8) is 0 Å². The summed E-state index contributed by atoms with van der Waals surface area (Å²) in [7, 11) is -3.79. The Morgan fingerprint density at radius 1 is 1.07 bits per heavy atom. The van der Waals surface area contributed by atoms with Crippen LogP contribution in [0, 0.1) is 0 Å². The molecule has 3 rings (SSSR count). The minimum atomic E-state index is -3.79. The molecule has 0 saturated carbocycles. The van der Waals surface area contributed by atoms with Crippen LogP contribution >= 0.6 is 0 Å². The van der Waals surface area contributed by atoms with Crippen molar-refractivity contribution >= 4 is 27.5 Å². The second-order valence-electron chi connectivity index (χ2n) is 6.41. The van der Waals surface area contributed by atoms with E-state index in [9.17, 15) is 18.0 Å². The minimum absolute atomic E-state index is 0.0150. The van der Waals surface area contributed by atoms with E-state index in [1.54, 1.807) is 4.90 Å². The number of primary amides is 1. The lowest BCUT2D eigenvalue weighted by atomic mass is 9.93. The van der Waals surface area contributed by atoms with Crippen LogP contribution in [0.15, 0.2) is 53.4 Å². The molecule has 0 radical (unpaired) electrons. The molecule has 0 fully saturated rings. The normalized spacial score (nSPS) is 17.1. The highest BCUT2D eigenvalue weighted by molar-refractivity contribution is 7.89. The van der Waals surface area contributed by atoms with Crippen LogP contribution in [0.2, 0.25) is 0 Å². The van der Waals surface area contributed by atoms with Crippen molar-refractivity contribution in [3.8, 4) is 0 Å². The number of carbonyl (C=O) groups excluding carboxylic acids is 2. The van der Waals surface area contributed by atoms with E-state index < -0.39 is 22.0 Å². The highest BCUT2D eigenvalue weighted by Gasteiger charge is 2.31. The molecule has 1 aliphatic heterocycles. The number of primary sulfonamides is 1. The summed E-state index contributed by atoms with van der Waals surface area (Å²) in [4.78, 5) is 25.9. The van der Waals surface area contributed by atoms with Gasteiger partial charge in [-0.15, -0.1) is 0 Å². The minimum Gasteiger partial charge on any atom is -0.368 e. The topological polar surface area (TPSA) is 136 Å². The monoisotopic (exact) mass is 388 g/mol. The number of nitrogens with two attached hydrogens (primary N) is 2. The summed E-state index contributed by atoms with van der Waals surface area (Å²) in [6, 6.07) is 12.7. The number of rotatable bonds is 5. The van der Waals surface area contributed by atoms with Crippen molar-refractivity contribution in [2.45, 2.75) is 23.9 Å². The van der Waals surface area contributed by atoms with Crippen molar-refractivity contribution in [2.24, 2.45) is 10.9 Å². The Labute approximate surface area is 157 Å². The van der Waals surface area contributed by atoms with E-state index in [-0.39, 0.29) is 17.3 Å². The van der Waals surface area contributed by atoms with Crippen LogP contribution in [-0.2, 0) is 32.6 Å². The van der Waals surface area contributed by atoms with Gasteiger partial charge in [-0.05, 0) is 41.8 Å². The molecule has 8 nitrogen and oxygen atoms in total. The predicted octanol–water partition coefficient (Wildman–Crippen LogP) is 0.185. The SMILES string of the molecule is NC(=O)[C@@H]1Cc2ccccc2CN1CC(=O)Nc1ccc(S(N)(=O)=O)cc1. The van der Waals surface area contributed by atoms with E-state index in [0.717, 1.165) is 11.1 Å². The lowest BCUT2D eigenvalue weighted by Crippen LogP contribution is -2.50. The smallest absolute Gasteiger partial charge is 0.238 e. The molecule has 1 heterocycles. The van der Waals surface area contributed by atoms with E-state index in [1.807, 2.05) is 24.3 Å². The molecule has 2 aromatic rings. The first-order chi connectivity index (χ1) is 12.7. The number of amides is 2. The van der Waals surface area contributed by atoms with Gasteiger partial charge in [0.25, 0.3) is 0 Å². The zero-order valence-corrected chi connectivity index (χ0v) is 15.3. The molecule has 5 N–H and O–H groups in total. The first-order valence-electron chi connectivity index (χ1n) is 8.27. The number of nitrogens with zero attached hydrogens (tertiary/aromatic N) is 1. The van der Waals surface area contributed by atoms with Crippen LogP contribution in [0.3, 0.4) is 0 Å². The molecular weight excluding hydrogens is 368 g/mol. The molecule has 0 saturated heterocycles. The van der Waals surface area contributed by atoms with Gasteiger partial charge in [0, 0.05) is 12.2 Å². The lowest BCUT2D eigenvalue weighted by molar-refractivity contribution is -0.125. The molecular formula is C18H20N4O4S. The van der Waals surface area contributed by atoms with Gasteiger partial charge in [-0.25, -0.2) is 13.6 Å². The summed E-state index contributed by atoms with van der Waals surface area (Å²) in [6.07, 6.45) is 0.460.